The first-order valence-corrected chi connectivity index (χ1v) is 7.08. The van der Waals surface area contributed by atoms with E-state index in [9.17, 15) is 4.79 Å². The maximum atomic E-state index is 12.1. The molecule has 2 fully saturated rings. The molecule has 3 nitrogen and oxygen atoms in total. The van der Waals surface area contributed by atoms with E-state index >= 15 is 0 Å². The summed E-state index contributed by atoms with van der Waals surface area (Å²) in [5.74, 6) is 0.851. The highest BCUT2D eigenvalue weighted by atomic mass is 16.1. The van der Waals surface area contributed by atoms with Crippen LogP contribution < -0.4 is 0 Å². The molecule has 1 saturated carbocycles. The molecule has 3 heteroatoms. The number of ketones is 1. The summed E-state index contributed by atoms with van der Waals surface area (Å²) < 4.78 is 0. The van der Waals surface area contributed by atoms with Gasteiger partial charge < -0.3 is 4.90 Å². The monoisotopic (exact) mass is 238 g/mol. The van der Waals surface area contributed by atoms with E-state index < -0.39 is 0 Å². The molecule has 2 rings (SSSR count). The van der Waals surface area contributed by atoms with Gasteiger partial charge in [0.1, 0.15) is 5.78 Å². The first kappa shape index (κ1) is 13.0. The van der Waals surface area contributed by atoms with Crippen LogP contribution in [0.15, 0.2) is 0 Å². The van der Waals surface area contributed by atoms with Gasteiger partial charge in [-0.1, -0.05) is 12.8 Å². The predicted octanol–water partition coefficient (Wildman–Crippen LogP) is 1.77. The van der Waals surface area contributed by atoms with Crippen LogP contribution in [0.5, 0.6) is 0 Å². The van der Waals surface area contributed by atoms with E-state index in [-0.39, 0.29) is 0 Å². The average molecular weight is 238 g/mol. The second-order valence-corrected chi connectivity index (χ2v) is 5.92. The van der Waals surface area contributed by atoms with Gasteiger partial charge in [-0.2, -0.15) is 0 Å². The van der Waals surface area contributed by atoms with E-state index in [4.69, 9.17) is 0 Å². The predicted molar refractivity (Wildman–Crippen MR) is 70.1 cm³/mol. The lowest BCUT2D eigenvalue weighted by Crippen LogP contribution is -2.39. The normalized spacial score (nSPS) is 27.1. The number of hydrogen-bond donors (Lipinski definition) is 0. The molecule has 2 aliphatic rings. The van der Waals surface area contributed by atoms with Gasteiger partial charge in [0.15, 0.2) is 0 Å². The van der Waals surface area contributed by atoms with E-state index in [0.717, 1.165) is 19.4 Å². The Morgan fingerprint density at radius 3 is 2.53 bits per heavy atom. The van der Waals surface area contributed by atoms with Crippen molar-refractivity contribution in [1.29, 1.82) is 0 Å². The van der Waals surface area contributed by atoms with Gasteiger partial charge in [0.2, 0.25) is 0 Å². The molecule has 0 aromatic carbocycles. The Morgan fingerprint density at radius 2 is 1.94 bits per heavy atom. The van der Waals surface area contributed by atoms with E-state index in [2.05, 4.69) is 23.9 Å². The second kappa shape index (κ2) is 5.96. The van der Waals surface area contributed by atoms with Crippen LogP contribution in [0.3, 0.4) is 0 Å². The number of carbonyl (C=O) groups is 1. The summed E-state index contributed by atoms with van der Waals surface area (Å²) in [6.45, 7) is 2.93. The fourth-order valence-electron chi connectivity index (χ4n) is 3.28. The van der Waals surface area contributed by atoms with Crippen molar-refractivity contribution in [2.24, 2.45) is 5.92 Å². The smallest absolute Gasteiger partial charge is 0.149 e. The molecule has 1 unspecified atom stereocenters. The molecule has 98 valence electrons. The standard InChI is InChI=1S/C14H26N2O/c1-15(10-13-8-5-9-16(13)2)11-14(17)12-6-3-4-7-12/h12-13H,3-11H2,1-2H3. The maximum absolute atomic E-state index is 12.1. The number of rotatable bonds is 5. The van der Waals surface area contributed by atoms with E-state index in [0.29, 0.717) is 24.3 Å². The zero-order chi connectivity index (χ0) is 12.3. The summed E-state index contributed by atoms with van der Waals surface area (Å²) in [6.07, 6.45) is 7.38. The Morgan fingerprint density at radius 1 is 1.24 bits per heavy atom. The third-order valence-electron chi connectivity index (χ3n) is 4.43. The SMILES string of the molecule is CN(CC(=O)C1CCCC1)CC1CCCN1C. The fraction of sp³-hybridized carbons (Fsp3) is 0.929. The average Bonchev–Trinajstić information content (AvgIpc) is 2.90. The van der Waals surface area contributed by atoms with Gasteiger partial charge in [-0.3, -0.25) is 9.69 Å². The molecule has 0 aromatic heterocycles. The minimum absolute atomic E-state index is 0.374. The minimum atomic E-state index is 0.374. The molecule has 1 heterocycles. The molecule has 0 radical (unpaired) electrons. The van der Waals surface area contributed by atoms with Crippen molar-refractivity contribution < 1.29 is 4.79 Å². The van der Waals surface area contributed by atoms with Crippen LogP contribution in [0.25, 0.3) is 0 Å². The Kier molecular flexibility index (Phi) is 4.57. The summed E-state index contributed by atoms with van der Waals surface area (Å²) in [4.78, 5) is 16.7. The molecule has 1 aliphatic heterocycles. The zero-order valence-corrected chi connectivity index (χ0v) is 11.3. The summed E-state index contributed by atoms with van der Waals surface area (Å²) in [5, 5.41) is 0. The second-order valence-electron chi connectivity index (χ2n) is 5.92. The molecule has 0 N–H and O–H groups in total. The van der Waals surface area contributed by atoms with Crippen LogP contribution >= 0.6 is 0 Å². The Bertz CT molecular complexity index is 261. The van der Waals surface area contributed by atoms with Crippen LogP contribution in [-0.4, -0.2) is 55.4 Å². The molecule has 0 aromatic rings. The van der Waals surface area contributed by atoms with Gasteiger partial charge in [0.05, 0.1) is 6.54 Å². The molecule has 1 aliphatic carbocycles. The van der Waals surface area contributed by atoms with Gasteiger partial charge in [-0.25, -0.2) is 0 Å². The van der Waals surface area contributed by atoms with Crippen molar-refractivity contribution >= 4 is 5.78 Å². The van der Waals surface area contributed by atoms with Crippen LogP contribution in [0.2, 0.25) is 0 Å². The minimum Gasteiger partial charge on any atom is -0.302 e. The lowest BCUT2D eigenvalue weighted by Gasteiger charge is -2.26. The van der Waals surface area contributed by atoms with Crippen molar-refractivity contribution in [2.75, 3.05) is 33.7 Å². The summed E-state index contributed by atoms with van der Waals surface area (Å²) in [5.41, 5.74) is 0. The van der Waals surface area contributed by atoms with Crippen LogP contribution in [0.1, 0.15) is 38.5 Å². The van der Waals surface area contributed by atoms with Crippen molar-refractivity contribution in [3.05, 3.63) is 0 Å². The summed E-state index contributed by atoms with van der Waals surface area (Å²) >= 11 is 0. The largest absolute Gasteiger partial charge is 0.302 e. The first-order chi connectivity index (χ1) is 8.16. The molecule has 1 atom stereocenters. The number of Topliss-reactive ketones (excluding diaryl/α,β-unsaturated/α-hetero) is 1. The highest BCUT2D eigenvalue weighted by Crippen LogP contribution is 2.25. The number of nitrogens with zero attached hydrogens (tertiary/aromatic N) is 2. The van der Waals surface area contributed by atoms with E-state index in [1.54, 1.807) is 0 Å². The summed E-state index contributed by atoms with van der Waals surface area (Å²) in [6, 6.07) is 0.663. The van der Waals surface area contributed by atoms with Gasteiger partial charge in [-0.05, 0) is 46.3 Å². The van der Waals surface area contributed by atoms with Crippen molar-refractivity contribution in [2.45, 2.75) is 44.6 Å². The molecular formula is C14H26N2O. The highest BCUT2D eigenvalue weighted by molar-refractivity contribution is 5.83. The third kappa shape index (κ3) is 3.52. The topological polar surface area (TPSA) is 23.6 Å². The molecule has 0 spiro atoms. The zero-order valence-electron chi connectivity index (χ0n) is 11.3. The van der Waals surface area contributed by atoms with Crippen LogP contribution in [0, 0.1) is 5.92 Å². The van der Waals surface area contributed by atoms with Crippen LogP contribution in [0.4, 0.5) is 0 Å². The number of likely N-dealkylation sites (tertiary alicyclic amines) is 1. The van der Waals surface area contributed by atoms with Gasteiger partial charge in [0, 0.05) is 18.5 Å². The van der Waals surface area contributed by atoms with E-state index in [1.807, 2.05) is 0 Å². The fourth-order valence-corrected chi connectivity index (χ4v) is 3.28. The molecule has 1 saturated heterocycles. The van der Waals surface area contributed by atoms with Gasteiger partial charge >= 0.3 is 0 Å². The van der Waals surface area contributed by atoms with E-state index in [1.165, 1.54) is 32.2 Å². The lowest BCUT2D eigenvalue weighted by molar-refractivity contribution is -0.123. The Balaban J connectivity index is 1.72. The molecular weight excluding hydrogens is 212 g/mol. The first-order valence-electron chi connectivity index (χ1n) is 7.08. The van der Waals surface area contributed by atoms with Crippen molar-refractivity contribution in [1.82, 2.24) is 9.80 Å². The lowest BCUT2D eigenvalue weighted by atomic mass is 10.0. The molecule has 0 bridgehead atoms. The number of likely N-dealkylation sites (N-methyl/N-ethyl adjacent to an activating group) is 2. The van der Waals surface area contributed by atoms with Gasteiger partial charge in [0.25, 0.3) is 0 Å². The molecule has 17 heavy (non-hydrogen) atoms. The van der Waals surface area contributed by atoms with Gasteiger partial charge in [-0.15, -0.1) is 0 Å². The highest BCUT2D eigenvalue weighted by Gasteiger charge is 2.26. The van der Waals surface area contributed by atoms with Crippen LogP contribution in [-0.2, 0) is 4.79 Å². The van der Waals surface area contributed by atoms with Crippen molar-refractivity contribution in [3.8, 4) is 0 Å². The Hall–Kier alpha value is -0.410. The summed E-state index contributed by atoms with van der Waals surface area (Å²) in [7, 11) is 4.29. The Labute approximate surface area is 105 Å². The number of carbonyl (C=O) groups excluding carboxylic acids is 1. The maximum Gasteiger partial charge on any atom is 0.149 e. The quantitative estimate of drug-likeness (QED) is 0.729. The third-order valence-corrected chi connectivity index (χ3v) is 4.43. The molecule has 0 amide bonds. The van der Waals surface area contributed by atoms with Crippen molar-refractivity contribution in [3.63, 3.8) is 0 Å². The number of hydrogen-bond acceptors (Lipinski definition) is 3.